The van der Waals surface area contributed by atoms with Crippen molar-refractivity contribution in [1.29, 1.82) is 0 Å². The second-order valence-electron chi connectivity index (χ2n) is 7.10. The average molecular weight is 459 g/mol. The summed E-state index contributed by atoms with van der Waals surface area (Å²) < 4.78 is 28.6. The fourth-order valence-electron chi connectivity index (χ4n) is 3.32. The van der Waals surface area contributed by atoms with Crippen LogP contribution in [0, 0.1) is 12.8 Å². The summed E-state index contributed by atoms with van der Waals surface area (Å²) in [6, 6.07) is 6.13. The summed E-state index contributed by atoms with van der Waals surface area (Å²) in [5.74, 6) is -0.198. The van der Waals surface area contributed by atoms with E-state index in [0.29, 0.717) is 49.1 Å². The molecule has 1 fully saturated rings. The fourth-order valence-corrected chi connectivity index (χ4v) is 5.07. The third-order valence-electron chi connectivity index (χ3n) is 5.03. The summed E-state index contributed by atoms with van der Waals surface area (Å²) in [4.78, 5) is 12.6. The molecule has 1 aromatic carbocycles. The van der Waals surface area contributed by atoms with Crippen molar-refractivity contribution in [2.24, 2.45) is 5.92 Å². The molecule has 3 rings (SSSR count). The number of carbonyl (C=O) groups is 1. The van der Waals surface area contributed by atoms with Crippen LogP contribution in [0.15, 0.2) is 35.4 Å². The number of benzene rings is 1. The van der Waals surface area contributed by atoms with Crippen LogP contribution in [0.1, 0.15) is 25.0 Å². The number of rotatable bonds is 7. The molecule has 1 aliphatic heterocycles. The molecule has 2 heterocycles. The average Bonchev–Trinajstić information content (AvgIpc) is 3.03. The predicted octanol–water partition coefficient (Wildman–Crippen LogP) is 3.11. The molecule has 1 saturated heterocycles. The van der Waals surface area contributed by atoms with Gasteiger partial charge in [0.1, 0.15) is 0 Å². The Morgan fingerprint density at radius 3 is 2.45 bits per heavy atom. The summed E-state index contributed by atoms with van der Waals surface area (Å²) in [5.41, 5.74) is 0.788. The second-order valence-corrected chi connectivity index (χ2v) is 9.88. The lowest BCUT2D eigenvalue weighted by molar-refractivity contribution is -0.126. The van der Waals surface area contributed by atoms with Gasteiger partial charge in [-0.05, 0) is 50.5 Å². The van der Waals surface area contributed by atoms with Crippen molar-refractivity contribution in [3.63, 3.8) is 0 Å². The number of hydrogen-bond donors (Lipinski definition) is 1. The van der Waals surface area contributed by atoms with Gasteiger partial charge in [0, 0.05) is 43.3 Å². The summed E-state index contributed by atoms with van der Waals surface area (Å²) in [7, 11) is -3.56. The van der Waals surface area contributed by atoms with Crippen molar-refractivity contribution in [3.8, 4) is 0 Å². The maximum Gasteiger partial charge on any atom is 0.243 e. The number of aromatic nitrogens is 2. The van der Waals surface area contributed by atoms with Gasteiger partial charge in [-0.3, -0.25) is 9.48 Å². The fraction of sp³-hybridized carbons (Fsp3) is 0.474. The van der Waals surface area contributed by atoms with Crippen LogP contribution in [0.2, 0.25) is 10.0 Å². The van der Waals surface area contributed by atoms with Gasteiger partial charge in [-0.2, -0.15) is 9.40 Å². The van der Waals surface area contributed by atoms with E-state index in [0.717, 1.165) is 12.1 Å². The van der Waals surface area contributed by atoms with Gasteiger partial charge in [0.25, 0.3) is 0 Å². The molecule has 7 nitrogen and oxygen atoms in total. The monoisotopic (exact) mass is 458 g/mol. The molecule has 29 heavy (non-hydrogen) atoms. The molecule has 1 N–H and O–H groups in total. The lowest BCUT2D eigenvalue weighted by atomic mass is 9.97. The Labute approximate surface area is 181 Å². The van der Waals surface area contributed by atoms with E-state index in [2.05, 4.69) is 10.4 Å². The van der Waals surface area contributed by atoms with E-state index in [1.165, 1.54) is 16.4 Å². The standard InChI is InChI=1S/C19H24Cl2N4O3S/c1-14-18(21)13-24(23-14)10-2-9-22-19(26)15-7-11-25(12-8-15)29(27,28)17-5-3-16(20)4-6-17/h3-6,13,15H,2,7-12H2,1H3,(H,22,26). The first-order chi connectivity index (χ1) is 13.8. The second kappa shape index (κ2) is 9.47. The SMILES string of the molecule is Cc1nn(CCCNC(=O)C2CCN(S(=O)(=O)c3ccc(Cl)cc3)CC2)cc1Cl. The molecular weight excluding hydrogens is 435 g/mol. The van der Waals surface area contributed by atoms with E-state index in [9.17, 15) is 13.2 Å². The lowest BCUT2D eigenvalue weighted by Crippen LogP contribution is -2.43. The highest BCUT2D eigenvalue weighted by Gasteiger charge is 2.31. The van der Waals surface area contributed by atoms with Crippen LogP contribution in [0.5, 0.6) is 0 Å². The molecule has 0 spiro atoms. The van der Waals surface area contributed by atoms with Crippen molar-refractivity contribution in [2.45, 2.75) is 37.6 Å². The number of amides is 1. The summed E-state index contributed by atoms with van der Waals surface area (Å²) in [6.45, 7) is 3.71. The molecule has 0 atom stereocenters. The van der Waals surface area contributed by atoms with Crippen LogP contribution in [0.4, 0.5) is 0 Å². The van der Waals surface area contributed by atoms with Gasteiger partial charge in [0.05, 0.1) is 15.6 Å². The van der Waals surface area contributed by atoms with Crippen LogP contribution in [0.3, 0.4) is 0 Å². The van der Waals surface area contributed by atoms with E-state index in [1.54, 1.807) is 23.0 Å². The minimum Gasteiger partial charge on any atom is -0.356 e. The zero-order valence-corrected chi connectivity index (χ0v) is 18.5. The number of carbonyl (C=O) groups excluding carboxylic acids is 1. The normalized spacial score (nSPS) is 16.1. The quantitative estimate of drug-likeness (QED) is 0.645. The van der Waals surface area contributed by atoms with Crippen LogP contribution in [0.25, 0.3) is 0 Å². The van der Waals surface area contributed by atoms with Gasteiger partial charge in [0.2, 0.25) is 15.9 Å². The zero-order chi connectivity index (χ0) is 21.0. The number of nitrogens with one attached hydrogen (secondary N) is 1. The zero-order valence-electron chi connectivity index (χ0n) is 16.1. The summed E-state index contributed by atoms with van der Waals surface area (Å²) in [5, 5.41) is 8.34. The molecule has 1 aliphatic rings. The number of piperidine rings is 1. The van der Waals surface area contributed by atoms with Gasteiger partial charge < -0.3 is 5.32 Å². The Hall–Kier alpha value is -1.61. The smallest absolute Gasteiger partial charge is 0.243 e. The van der Waals surface area contributed by atoms with E-state index in [-0.39, 0.29) is 16.7 Å². The first-order valence-electron chi connectivity index (χ1n) is 9.50. The molecule has 0 aliphatic carbocycles. The minimum absolute atomic E-state index is 0.0248. The van der Waals surface area contributed by atoms with Crippen molar-refractivity contribution in [2.75, 3.05) is 19.6 Å². The van der Waals surface area contributed by atoms with Crippen molar-refractivity contribution in [3.05, 3.63) is 46.2 Å². The van der Waals surface area contributed by atoms with Gasteiger partial charge in [-0.15, -0.1) is 0 Å². The Morgan fingerprint density at radius 2 is 1.86 bits per heavy atom. The highest BCUT2D eigenvalue weighted by Crippen LogP contribution is 2.24. The molecule has 0 saturated carbocycles. The molecule has 2 aromatic rings. The van der Waals surface area contributed by atoms with Crippen LogP contribution < -0.4 is 5.32 Å². The maximum absolute atomic E-state index is 12.7. The van der Waals surface area contributed by atoms with Gasteiger partial charge in [-0.25, -0.2) is 8.42 Å². The van der Waals surface area contributed by atoms with E-state index in [1.807, 2.05) is 6.92 Å². The largest absolute Gasteiger partial charge is 0.356 e. The molecule has 10 heteroatoms. The van der Waals surface area contributed by atoms with E-state index >= 15 is 0 Å². The highest BCUT2D eigenvalue weighted by molar-refractivity contribution is 7.89. The summed E-state index contributed by atoms with van der Waals surface area (Å²) >= 11 is 11.8. The van der Waals surface area contributed by atoms with E-state index in [4.69, 9.17) is 23.2 Å². The topological polar surface area (TPSA) is 84.3 Å². The molecule has 0 bridgehead atoms. The summed E-state index contributed by atoms with van der Waals surface area (Å²) in [6.07, 6.45) is 3.53. The van der Waals surface area contributed by atoms with Crippen molar-refractivity contribution < 1.29 is 13.2 Å². The lowest BCUT2D eigenvalue weighted by Gasteiger charge is -2.30. The number of aryl methyl sites for hydroxylation is 2. The Bertz CT molecular complexity index is 933. The van der Waals surface area contributed by atoms with E-state index < -0.39 is 10.0 Å². The first-order valence-corrected chi connectivity index (χ1v) is 11.7. The van der Waals surface area contributed by atoms with Gasteiger partial charge in [0.15, 0.2) is 0 Å². The number of nitrogens with zero attached hydrogens (tertiary/aromatic N) is 3. The van der Waals surface area contributed by atoms with Crippen molar-refractivity contribution in [1.82, 2.24) is 19.4 Å². The molecule has 1 aromatic heterocycles. The Kier molecular flexibility index (Phi) is 7.21. The molecule has 0 radical (unpaired) electrons. The number of hydrogen-bond acceptors (Lipinski definition) is 4. The first kappa shape index (κ1) is 22.1. The predicted molar refractivity (Wildman–Crippen MR) is 113 cm³/mol. The minimum atomic E-state index is -3.56. The third kappa shape index (κ3) is 5.51. The number of sulfonamides is 1. The van der Waals surface area contributed by atoms with Crippen LogP contribution in [-0.4, -0.2) is 48.0 Å². The Balaban J connectivity index is 1.43. The van der Waals surface area contributed by atoms with Crippen LogP contribution in [-0.2, 0) is 21.4 Å². The molecular formula is C19H24Cl2N4O3S. The molecule has 0 unspecified atom stereocenters. The third-order valence-corrected chi connectivity index (χ3v) is 7.56. The van der Waals surface area contributed by atoms with Crippen LogP contribution >= 0.6 is 23.2 Å². The van der Waals surface area contributed by atoms with Crippen molar-refractivity contribution >= 4 is 39.1 Å². The number of halogens is 2. The molecule has 158 valence electrons. The highest BCUT2D eigenvalue weighted by atomic mass is 35.5. The van der Waals surface area contributed by atoms with Gasteiger partial charge >= 0.3 is 0 Å². The molecule has 1 amide bonds. The Morgan fingerprint density at radius 1 is 1.21 bits per heavy atom. The van der Waals surface area contributed by atoms with Gasteiger partial charge in [-0.1, -0.05) is 23.2 Å². The maximum atomic E-state index is 12.7.